The van der Waals surface area contributed by atoms with E-state index in [2.05, 4.69) is 48.2 Å². The maximum Gasteiger partial charge on any atom is 0.226 e. The summed E-state index contributed by atoms with van der Waals surface area (Å²) in [7, 11) is 0. The van der Waals surface area contributed by atoms with Crippen LogP contribution in [0, 0.1) is 0 Å². The maximum atomic E-state index is 2.31. The summed E-state index contributed by atoms with van der Waals surface area (Å²) in [6, 6.07) is 9.07. The number of thiazole rings is 1. The molecular formula is C10H12NS+. The van der Waals surface area contributed by atoms with Crippen LogP contribution in [0.5, 0.6) is 0 Å². The van der Waals surface area contributed by atoms with E-state index in [9.17, 15) is 0 Å². The van der Waals surface area contributed by atoms with E-state index in [0.717, 1.165) is 0 Å². The summed E-state index contributed by atoms with van der Waals surface area (Å²) in [6.07, 6.45) is 0. The number of rotatable bonds is 1. The molecule has 2 aromatic rings. The lowest BCUT2D eigenvalue weighted by Crippen LogP contribution is -2.33. The van der Waals surface area contributed by atoms with Gasteiger partial charge in [0.1, 0.15) is 4.70 Å². The number of para-hydroxylation sites is 1. The van der Waals surface area contributed by atoms with Crippen LogP contribution in [-0.2, 0) is 0 Å². The van der Waals surface area contributed by atoms with E-state index in [1.807, 2.05) is 0 Å². The normalized spacial score (nSPS) is 11.2. The molecule has 2 rings (SSSR count). The third-order valence-corrected chi connectivity index (χ3v) is 2.92. The Morgan fingerprint density at radius 1 is 1.25 bits per heavy atom. The van der Waals surface area contributed by atoms with Crippen LogP contribution in [0.4, 0.5) is 0 Å². The zero-order valence-corrected chi connectivity index (χ0v) is 8.14. The predicted molar refractivity (Wildman–Crippen MR) is 52.4 cm³/mol. The maximum absolute atomic E-state index is 2.31. The smallest absolute Gasteiger partial charge is 0.186 e. The van der Waals surface area contributed by atoms with Crippen molar-refractivity contribution in [3.05, 3.63) is 29.8 Å². The molecule has 0 aliphatic rings. The van der Waals surface area contributed by atoms with Crippen LogP contribution in [0.2, 0.25) is 0 Å². The molecular weight excluding hydrogens is 166 g/mol. The average Bonchev–Trinajstić information content (AvgIpc) is 2.47. The Labute approximate surface area is 76.3 Å². The predicted octanol–water partition coefficient (Wildman–Crippen LogP) is 2.77. The number of benzene rings is 1. The molecule has 62 valence electrons. The van der Waals surface area contributed by atoms with Crippen molar-refractivity contribution in [1.29, 1.82) is 0 Å². The number of nitrogens with zero attached hydrogens (tertiary/aromatic N) is 1. The molecule has 0 N–H and O–H groups in total. The Morgan fingerprint density at radius 2 is 2.00 bits per heavy atom. The highest BCUT2D eigenvalue weighted by Gasteiger charge is 2.13. The van der Waals surface area contributed by atoms with Gasteiger partial charge in [-0.3, -0.25) is 0 Å². The number of hydrogen-bond acceptors (Lipinski definition) is 1. The van der Waals surface area contributed by atoms with Crippen LogP contribution in [0.15, 0.2) is 29.8 Å². The molecule has 0 saturated heterocycles. The van der Waals surface area contributed by atoms with Gasteiger partial charge in [-0.15, -0.1) is 0 Å². The van der Waals surface area contributed by atoms with Gasteiger partial charge >= 0.3 is 0 Å². The minimum Gasteiger partial charge on any atom is -0.186 e. The summed E-state index contributed by atoms with van der Waals surface area (Å²) < 4.78 is 3.67. The second-order valence-electron chi connectivity index (χ2n) is 3.19. The van der Waals surface area contributed by atoms with Crippen molar-refractivity contribution >= 4 is 21.6 Å². The molecule has 2 heteroatoms. The minimum absolute atomic E-state index is 0.557. The highest BCUT2D eigenvalue weighted by molar-refractivity contribution is 7.16. The van der Waals surface area contributed by atoms with Crippen LogP contribution < -0.4 is 4.57 Å². The SMILES string of the molecule is CC(C)[n+]1csc2ccccc21. The first kappa shape index (κ1) is 7.74. The monoisotopic (exact) mass is 178 g/mol. The van der Waals surface area contributed by atoms with Gasteiger partial charge in [-0.1, -0.05) is 23.5 Å². The standard InChI is InChI=1S/C10H12NS/c1-8(2)11-7-12-10-6-4-3-5-9(10)11/h3-8H,1-2H3/q+1. The molecule has 0 fully saturated rings. The zero-order valence-electron chi connectivity index (χ0n) is 7.32. The van der Waals surface area contributed by atoms with Gasteiger partial charge in [0.2, 0.25) is 11.0 Å². The topological polar surface area (TPSA) is 3.88 Å². The van der Waals surface area contributed by atoms with E-state index >= 15 is 0 Å². The molecule has 0 unspecified atom stereocenters. The molecule has 0 aliphatic heterocycles. The molecule has 1 heterocycles. The zero-order chi connectivity index (χ0) is 8.55. The quantitative estimate of drug-likeness (QED) is 0.591. The Kier molecular flexibility index (Phi) is 1.85. The van der Waals surface area contributed by atoms with E-state index < -0.39 is 0 Å². The summed E-state index contributed by atoms with van der Waals surface area (Å²) in [5, 5.41) is 0. The lowest BCUT2D eigenvalue weighted by molar-refractivity contribution is -0.687. The van der Waals surface area contributed by atoms with E-state index in [4.69, 9.17) is 0 Å². The molecule has 1 aromatic heterocycles. The number of hydrogen-bond donors (Lipinski definition) is 0. The molecule has 0 spiro atoms. The molecule has 1 nitrogen and oxygen atoms in total. The molecule has 12 heavy (non-hydrogen) atoms. The van der Waals surface area contributed by atoms with Gasteiger partial charge in [-0.2, -0.15) is 4.57 Å². The second-order valence-corrected chi connectivity index (χ2v) is 4.08. The lowest BCUT2D eigenvalue weighted by Gasteiger charge is -1.95. The van der Waals surface area contributed by atoms with Crippen molar-refractivity contribution in [2.45, 2.75) is 19.9 Å². The van der Waals surface area contributed by atoms with Crippen LogP contribution in [0.25, 0.3) is 10.2 Å². The third kappa shape index (κ3) is 1.12. The van der Waals surface area contributed by atoms with Crippen LogP contribution in [0.1, 0.15) is 19.9 Å². The third-order valence-electron chi connectivity index (χ3n) is 1.99. The van der Waals surface area contributed by atoms with Crippen LogP contribution in [-0.4, -0.2) is 0 Å². The van der Waals surface area contributed by atoms with E-state index in [0.29, 0.717) is 6.04 Å². The summed E-state index contributed by atoms with van der Waals surface area (Å²) in [5.74, 6) is 0. The molecule has 0 saturated carbocycles. The first-order valence-electron chi connectivity index (χ1n) is 4.16. The number of fused-ring (bicyclic) bond motifs is 1. The fourth-order valence-corrected chi connectivity index (χ4v) is 2.38. The largest absolute Gasteiger partial charge is 0.226 e. The molecule has 0 aliphatic carbocycles. The Balaban J connectivity index is 2.70. The summed E-state index contributed by atoms with van der Waals surface area (Å²) in [5.41, 5.74) is 3.53. The molecule has 0 radical (unpaired) electrons. The summed E-state index contributed by atoms with van der Waals surface area (Å²) >= 11 is 1.81. The van der Waals surface area contributed by atoms with Gasteiger partial charge in [0.15, 0.2) is 6.04 Å². The van der Waals surface area contributed by atoms with E-state index in [1.165, 1.54) is 10.2 Å². The first-order chi connectivity index (χ1) is 5.79. The van der Waals surface area contributed by atoms with E-state index in [1.54, 1.807) is 11.3 Å². The highest BCUT2D eigenvalue weighted by Crippen LogP contribution is 2.16. The first-order valence-corrected chi connectivity index (χ1v) is 5.04. The fraction of sp³-hybridized carbons (Fsp3) is 0.300. The van der Waals surface area contributed by atoms with Crippen molar-refractivity contribution in [3.63, 3.8) is 0 Å². The van der Waals surface area contributed by atoms with Crippen molar-refractivity contribution < 1.29 is 4.57 Å². The Hall–Kier alpha value is -0.890. The van der Waals surface area contributed by atoms with Crippen LogP contribution >= 0.6 is 11.3 Å². The fourth-order valence-electron chi connectivity index (χ4n) is 1.34. The van der Waals surface area contributed by atoms with E-state index in [-0.39, 0.29) is 0 Å². The van der Waals surface area contributed by atoms with Crippen LogP contribution in [0.3, 0.4) is 0 Å². The van der Waals surface area contributed by atoms with Gasteiger partial charge in [-0.05, 0) is 19.9 Å². The Morgan fingerprint density at radius 3 is 2.75 bits per heavy atom. The van der Waals surface area contributed by atoms with Crippen molar-refractivity contribution in [2.24, 2.45) is 0 Å². The van der Waals surface area contributed by atoms with Gasteiger partial charge in [0.25, 0.3) is 0 Å². The highest BCUT2D eigenvalue weighted by atomic mass is 32.1. The van der Waals surface area contributed by atoms with Gasteiger partial charge in [0, 0.05) is 6.07 Å². The van der Waals surface area contributed by atoms with Crippen molar-refractivity contribution in [3.8, 4) is 0 Å². The molecule has 1 aromatic carbocycles. The molecule has 0 atom stereocenters. The van der Waals surface area contributed by atoms with Gasteiger partial charge in [0.05, 0.1) is 0 Å². The summed E-state index contributed by atoms with van der Waals surface area (Å²) in [6.45, 7) is 4.42. The van der Waals surface area contributed by atoms with Crippen molar-refractivity contribution in [2.75, 3.05) is 0 Å². The Bertz CT molecular complexity index is 389. The number of aromatic nitrogens is 1. The minimum atomic E-state index is 0.557. The van der Waals surface area contributed by atoms with Crippen molar-refractivity contribution in [1.82, 2.24) is 0 Å². The lowest BCUT2D eigenvalue weighted by atomic mass is 10.3. The molecule has 0 bridgehead atoms. The van der Waals surface area contributed by atoms with Gasteiger partial charge < -0.3 is 0 Å². The molecule has 0 amide bonds. The average molecular weight is 178 g/mol. The summed E-state index contributed by atoms with van der Waals surface area (Å²) in [4.78, 5) is 0. The second kappa shape index (κ2) is 2.87. The van der Waals surface area contributed by atoms with Gasteiger partial charge in [-0.25, -0.2) is 0 Å².